The zero-order chi connectivity index (χ0) is 16.9. The first-order chi connectivity index (χ1) is 11.6. The second-order valence-electron chi connectivity index (χ2n) is 6.64. The van der Waals surface area contributed by atoms with E-state index in [-0.39, 0.29) is 11.9 Å². The fourth-order valence-electron chi connectivity index (χ4n) is 2.97. The van der Waals surface area contributed by atoms with Crippen molar-refractivity contribution in [3.05, 3.63) is 46.2 Å². The average molecular weight is 344 g/mol. The standard InChI is InChI=1S/C18H24N4OS/c1-13(2)16-12-24-18(21-16)17(23)20-15-6-4-8-22(11-15)10-14-5-3-7-19-9-14/h3,5,7,9,12-13,15H,4,6,8,10-11H2,1-2H3,(H,20,23)/t15-/m0/s1. The minimum atomic E-state index is -0.0415. The summed E-state index contributed by atoms with van der Waals surface area (Å²) in [6.45, 7) is 7.01. The molecule has 1 fully saturated rings. The number of rotatable bonds is 5. The first kappa shape index (κ1) is 17.0. The topological polar surface area (TPSA) is 58.1 Å². The van der Waals surface area contributed by atoms with Gasteiger partial charge in [0.05, 0.1) is 5.69 Å². The largest absolute Gasteiger partial charge is 0.346 e. The molecule has 3 heterocycles. The Bertz CT molecular complexity index is 671. The molecule has 1 aliphatic rings. The van der Waals surface area contributed by atoms with Gasteiger partial charge in [0.2, 0.25) is 0 Å². The van der Waals surface area contributed by atoms with E-state index in [1.165, 1.54) is 16.9 Å². The van der Waals surface area contributed by atoms with Gasteiger partial charge >= 0.3 is 0 Å². The monoisotopic (exact) mass is 344 g/mol. The molecule has 0 unspecified atom stereocenters. The Morgan fingerprint density at radius 2 is 2.38 bits per heavy atom. The lowest BCUT2D eigenvalue weighted by Gasteiger charge is -2.32. The van der Waals surface area contributed by atoms with Gasteiger partial charge in [0.1, 0.15) is 0 Å². The summed E-state index contributed by atoms with van der Waals surface area (Å²) in [7, 11) is 0. The highest BCUT2D eigenvalue weighted by atomic mass is 32.1. The maximum absolute atomic E-state index is 12.4. The number of carbonyl (C=O) groups is 1. The molecule has 1 atom stereocenters. The van der Waals surface area contributed by atoms with Gasteiger partial charge in [-0.2, -0.15) is 0 Å². The molecule has 6 heteroatoms. The van der Waals surface area contributed by atoms with Crippen molar-refractivity contribution < 1.29 is 4.79 Å². The third-order valence-corrected chi connectivity index (χ3v) is 5.14. The first-order valence-corrected chi connectivity index (χ1v) is 9.37. The maximum Gasteiger partial charge on any atom is 0.280 e. The molecule has 0 bridgehead atoms. The quantitative estimate of drug-likeness (QED) is 0.906. The molecule has 1 aliphatic heterocycles. The van der Waals surface area contributed by atoms with Gasteiger partial charge in [-0.05, 0) is 36.9 Å². The van der Waals surface area contributed by atoms with Crippen molar-refractivity contribution in [2.45, 2.75) is 45.2 Å². The third kappa shape index (κ3) is 4.39. The Morgan fingerprint density at radius 1 is 1.50 bits per heavy atom. The zero-order valence-electron chi connectivity index (χ0n) is 14.2. The second-order valence-corrected chi connectivity index (χ2v) is 7.50. The number of hydrogen-bond acceptors (Lipinski definition) is 5. The number of thiazole rings is 1. The van der Waals surface area contributed by atoms with E-state index < -0.39 is 0 Å². The van der Waals surface area contributed by atoms with E-state index >= 15 is 0 Å². The molecule has 2 aromatic heterocycles. The van der Waals surface area contributed by atoms with Gasteiger partial charge in [0, 0.05) is 36.9 Å². The summed E-state index contributed by atoms with van der Waals surface area (Å²) in [5, 5.41) is 5.71. The average Bonchev–Trinajstić information content (AvgIpc) is 3.06. The molecule has 0 aromatic carbocycles. The summed E-state index contributed by atoms with van der Waals surface area (Å²) >= 11 is 1.43. The molecule has 1 saturated heterocycles. The van der Waals surface area contributed by atoms with Gasteiger partial charge in [-0.15, -0.1) is 11.3 Å². The smallest absolute Gasteiger partial charge is 0.280 e. The van der Waals surface area contributed by atoms with Crippen LogP contribution in [0.25, 0.3) is 0 Å². The molecular formula is C18H24N4OS. The first-order valence-electron chi connectivity index (χ1n) is 8.49. The summed E-state index contributed by atoms with van der Waals surface area (Å²) < 4.78 is 0. The number of nitrogens with one attached hydrogen (secondary N) is 1. The van der Waals surface area contributed by atoms with E-state index in [0.717, 1.165) is 38.2 Å². The molecule has 0 saturated carbocycles. The number of aromatic nitrogens is 2. The minimum Gasteiger partial charge on any atom is -0.346 e. The number of nitrogens with zero attached hydrogens (tertiary/aromatic N) is 3. The van der Waals surface area contributed by atoms with Crippen LogP contribution >= 0.6 is 11.3 Å². The lowest BCUT2D eigenvalue weighted by atomic mass is 10.0. The molecule has 2 aromatic rings. The number of pyridine rings is 1. The highest BCUT2D eigenvalue weighted by Crippen LogP contribution is 2.19. The number of hydrogen-bond donors (Lipinski definition) is 1. The molecule has 0 spiro atoms. The summed E-state index contributed by atoms with van der Waals surface area (Å²) in [6.07, 6.45) is 5.82. The molecule has 5 nitrogen and oxygen atoms in total. The lowest BCUT2D eigenvalue weighted by Crippen LogP contribution is -2.47. The Kier molecular flexibility index (Phi) is 5.58. The van der Waals surface area contributed by atoms with E-state index in [0.29, 0.717) is 10.9 Å². The summed E-state index contributed by atoms with van der Waals surface area (Å²) in [4.78, 5) is 23.4. The minimum absolute atomic E-state index is 0.0415. The fourth-order valence-corrected chi connectivity index (χ4v) is 3.85. The second kappa shape index (κ2) is 7.85. The summed E-state index contributed by atoms with van der Waals surface area (Å²) in [5.41, 5.74) is 2.21. The molecule has 1 N–H and O–H groups in total. The van der Waals surface area contributed by atoms with Gasteiger partial charge in [0.15, 0.2) is 5.01 Å². The van der Waals surface area contributed by atoms with Crippen LogP contribution in [-0.4, -0.2) is 39.9 Å². The van der Waals surface area contributed by atoms with Crippen molar-refractivity contribution in [1.82, 2.24) is 20.2 Å². The van der Waals surface area contributed by atoms with E-state index in [2.05, 4.69) is 40.1 Å². The van der Waals surface area contributed by atoms with Crippen LogP contribution in [0.15, 0.2) is 29.9 Å². The predicted octanol–water partition coefficient (Wildman–Crippen LogP) is 3.06. The highest BCUT2D eigenvalue weighted by molar-refractivity contribution is 7.11. The summed E-state index contributed by atoms with van der Waals surface area (Å²) in [5.74, 6) is 0.313. The van der Waals surface area contributed by atoms with Crippen LogP contribution in [0.4, 0.5) is 0 Å². The van der Waals surface area contributed by atoms with Crippen molar-refractivity contribution in [2.75, 3.05) is 13.1 Å². The molecule has 3 rings (SSSR count). The van der Waals surface area contributed by atoms with Gasteiger partial charge in [-0.1, -0.05) is 19.9 Å². The fraction of sp³-hybridized carbons (Fsp3) is 0.500. The van der Waals surface area contributed by atoms with Gasteiger partial charge in [-0.25, -0.2) is 4.98 Å². The molecule has 0 aliphatic carbocycles. The molecule has 0 radical (unpaired) electrons. The van der Waals surface area contributed by atoms with E-state index in [4.69, 9.17) is 0 Å². The van der Waals surface area contributed by atoms with Crippen LogP contribution < -0.4 is 5.32 Å². The highest BCUT2D eigenvalue weighted by Gasteiger charge is 2.23. The molecule has 128 valence electrons. The van der Waals surface area contributed by atoms with Gasteiger partial charge < -0.3 is 5.32 Å². The normalized spacial score (nSPS) is 18.7. The van der Waals surface area contributed by atoms with Crippen LogP contribution in [0.2, 0.25) is 0 Å². The number of piperidine rings is 1. The van der Waals surface area contributed by atoms with Crippen LogP contribution in [0.5, 0.6) is 0 Å². The van der Waals surface area contributed by atoms with E-state index in [1.54, 1.807) is 6.20 Å². The summed E-state index contributed by atoms with van der Waals surface area (Å²) in [6, 6.07) is 4.25. The SMILES string of the molecule is CC(C)c1csc(C(=O)N[C@H]2CCCN(Cc3cccnc3)C2)n1. The molecule has 1 amide bonds. The van der Waals surface area contributed by atoms with Crippen LogP contribution in [0.1, 0.15) is 53.7 Å². The van der Waals surface area contributed by atoms with E-state index in [9.17, 15) is 4.79 Å². The third-order valence-electron chi connectivity index (χ3n) is 4.28. The Balaban J connectivity index is 1.55. The number of amides is 1. The van der Waals surface area contributed by atoms with E-state index in [1.807, 2.05) is 17.6 Å². The maximum atomic E-state index is 12.4. The van der Waals surface area contributed by atoms with Crippen LogP contribution in [-0.2, 0) is 6.54 Å². The number of carbonyl (C=O) groups excluding carboxylic acids is 1. The van der Waals surface area contributed by atoms with Crippen molar-refractivity contribution in [1.29, 1.82) is 0 Å². The lowest BCUT2D eigenvalue weighted by molar-refractivity contribution is 0.0900. The van der Waals surface area contributed by atoms with Crippen molar-refractivity contribution in [3.8, 4) is 0 Å². The van der Waals surface area contributed by atoms with Gasteiger partial charge in [0.25, 0.3) is 5.91 Å². The number of likely N-dealkylation sites (tertiary alicyclic amines) is 1. The van der Waals surface area contributed by atoms with Crippen LogP contribution in [0.3, 0.4) is 0 Å². The van der Waals surface area contributed by atoms with Gasteiger partial charge in [-0.3, -0.25) is 14.7 Å². The van der Waals surface area contributed by atoms with Crippen LogP contribution in [0, 0.1) is 0 Å². The van der Waals surface area contributed by atoms with Crippen molar-refractivity contribution in [2.24, 2.45) is 0 Å². The Morgan fingerprint density at radius 3 is 3.08 bits per heavy atom. The van der Waals surface area contributed by atoms with Crippen molar-refractivity contribution in [3.63, 3.8) is 0 Å². The Hall–Kier alpha value is -1.79. The van der Waals surface area contributed by atoms with Crippen molar-refractivity contribution >= 4 is 17.2 Å². The molecular weight excluding hydrogens is 320 g/mol. The predicted molar refractivity (Wildman–Crippen MR) is 96.2 cm³/mol. The zero-order valence-corrected chi connectivity index (χ0v) is 15.1. The molecule has 24 heavy (non-hydrogen) atoms. The Labute approximate surface area is 147 Å².